The molecule has 0 amide bonds. The van der Waals surface area contributed by atoms with Crippen molar-refractivity contribution in [1.29, 1.82) is 0 Å². The molecule has 0 saturated carbocycles. The summed E-state index contributed by atoms with van der Waals surface area (Å²) in [4.78, 5) is 23.1. The average Bonchev–Trinajstić information content (AvgIpc) is 2.79. The molecule has 1 aliphatic rings. The first-order chi connectivity index (χ1) is 15.6. The fourth-order valence-electron chi connectivity index (χ4n) is 3.65. The number of halogens is 5. The van der Waals surface area contributed by atoms with Crippen LogP contribution < -0.4 is 10.2 Å². The number of rotatable bonds is 7. The van der Waals surface area contributed by atoms with Crippen molar-refractivity contribution in [3.05, 3.63) is 40.0 Å². The van der Waals surface area contributed by atoms with E-state index in [-0.39, 0.29) is 30.2 Å². The molecule has 1 aromatic heterocycles. The van der Waals surface area contributed by atoms with Crippen molar-refractivity contribution in [2.75, 3.05) is 44.0 Å². The van der Waals surface area contributed by atoms with Gasteiger partial charge in [-0.2, -0.15) is 18.2 Å². The van der Waals surface area contributed by atoms with Gasteiger partial charge in [0.1, 0.15) is 11.4 Å². The maximum atomic E-state index is 13.7. The van der Waals surface area contributed by atoms with Crippen molar-refractivity contribution < 1.29 is 22.7 Å². The molecule has 12 heteroatoms. The summed E-state index contributed by atoms with van der Waals surface area (Å²) >= 11 is 11.9. The average molecular weight is 506 g/mol. The van der Waals surface area contributed by atoms with Crippen molar-refractivity contribution in [1.82, 2.24) is 14.9 Å². The number of hydrogen-bond acceptors (Lipinski definition) is 7. The Morgan fingerprint density at radius 3 is 2.58 bits per heavy atom. The van der Waals surface area contributed by atoms with E-state index in [0.29, 0.717) is 48.2 Å². The molecule has 0 radical (unpaired) electrons. The zero-order chi connectivity index (χ0) is 24.2. The highest BCUT2D eigenvalue weighted by Gasteiger charge is 2.38. The summed E-state index contributed by atoms with van der Waals surface area (Å²) in [6.07, 6.45) is -2.27. The van der Waals surface area contributed by atoms with Gasteiger partial charge in [0.05, 0.1) is 23.6 Å². The van der Waals surface area contributed by atoms with Crippen molar-refractivity contribution in [3.8, 4) is 0 Å². The van der Waals surface area contributed by atoms with Crippen LogP contribution in [0.5, 0.6) is 0 Å². The van der Waals surface area contributed by atoms with E-state index >= 15 is 0 Å². The topological polar surface area (TPSA) is 70.6 Å². The molecule has 0 spiro atoms. The molecule has 2 aromatic rings. The quantitative estimate of drug-likeness (QED) is 0.530. The lowest BCUT2D eigenvalue weighted by Crippen LogP contribution is -2.44. The number of methoxy groups -OCH3 is 1. The highest BCUT2D eigenvalue weighted by molar-refractivity contribution is 6.42. The van der Waals surface area contributed by atoms with Crippen LogP contribution in [0, 0.1) is 0 Å². The van der Waals surface area contributed by atoms with Gasteiger partial charge in [-0.05, 0) is 38.1 Å². The van der Waals surface area contributed by atoms with Crippen molar-refractivity contribution in [2.45, 2.75) is 31.5 Å². The lowest BCUT2D eigenvalue weighted by Gasteiger charge is -2.38. The van der Waals surface area contributed by atoms with Gasteiger partial charge in [0, 0.05) is 37.6 Å². The second-order valence-corrected chi connectivity index (χ2v) is 8.52. The van der Waals surface area contributed by atoms with E-state index in [2.05, 4.69) is 20.0 Å². The molecule has 180 valence electrons. The highest BCUT2D eigenvalue weighted by atomic mass is 35.5. The smallest absolute Gasteiger partial charge is 0.421 e. The minimum atomic E-state index is -4.59. The molecule has 1 N–H and O–H groups in total. The Labute approximate surface area is 199 Å². The number of nitrogens with one attached hydrogen (secondary N) is 1. The summed E-state index contributed by atoms with van der Waals surface area (Å²) in [7, 11) is 3.24. The fraction of sp³-hybridized carbons (Fsp3) is 0.476. The van der Waals surface area contributed by atoms with Gasteiger partial charge < -0.3 is 19.9 Å². The number of nitrogens with zero attached hydrogens (tertiary/aromatic N) is 4. The summed E-state index contributed by atoms with van der Waals surface area (Å²) < 4.78 is 45.6. The molecule has 3 rings (SSSR count). The van der Waals surface area contributed by atoms with Crippen LogP contribution in [0.2, 0.25) is 10.0 Å². The molecule has 7 nitrogen and oxygen atoms in total. The van der Waals surface area contributed by atoms with Crippen LogP contribution in [0.3, 0.4) is 0 Å². The van der Waals surface area contributed by atoms with E-state index in [1.807, 2.05) is 11.9 Å². The third kappa shape index (κ3) is 6.61. The molecule has 0 unspecified atom stereocenters. The molecule has 0 aliphatic carbocycles. The third-order valence-corrected chi connectivity index (χ3v) is 6.27. The van der Waals surface area contributed by atoms with E-state index in [4.69, 9.17) is 23.2 Å². The van der Waals surface area contributed by atoms with Crippen molar-refractivity contribution >= 4 is 46.6 Å². The van der Waals surface area contributed by atoms with Gasteiger partial charge in [-0.3, -0.25) is 4.79 Å². The van der Waals surface area contributed by atoms with Gasteiger partial charge in [-0.25, -0.2) is 4.98 Å². The molecule has 0 bridgehead atoms. The largest absolute Gasteiger partial charge is 0.469 e. The van der Waals surface area contributed by atoms with E-state index < -0.39 is 11.7 Å². The number of hydrogen-bond donors (Lipinski definition) is 1. The molecule has 1 aliphatic heterocycles. The minimum Gasteiger partial charge on any atom is -0.469 e. The number of carbonyl (C=O) groups excluding carboxylic acids is 1. The molecule has 2 heterocycles. The SMILES string of the molecule is COC(=O)CCN(C)C1CCN(c2nc(Nc3ccc(Cl)c(Cl)c3)ncc2C(F)(F)F)CC1. The van der Waals surface area contributed by atoms with Gasteiger partial charge in [0.15, 0.2) is 0 Å². The summed E-state index contributed by atoms with van der Waals surface area (Å²) in [6, 6.07) is 4.89. The number of benzene rings is 1. The van der Waals surface area contributed by atoms with Crippen LogP contribution >= 0.6 is 23.2 Å². The minimum absolute atomic E-state index is 0.0220. The Bertz CT molecular complexity index is 985. The number of carbonyl (C=O) groups is 1. The molecular formula is C21H24Cl2F3N5O2. The van der Waals surface area contributed by atoms with E-state index in [1.54, 1.807) is 23.1 Å². The molecule has 33 heavy (non-hydrogen) atoms. The Balaban J connectivity index is 1.74. The number of ether oxygens (including phenoxy) is 1. The van der Waals surface area contributed by atoms with Gasteiger partial charge in [-0.15, -0.1) is 0 Å². The van der Waals surface area contributed by atoms with E-state index in [1.165, 1.54) is 7.11 Å². The number of aromatic nitrogens is 2. The predicted molar refractivity (Wildman–Crippen MR) is 121 cm³/mol. The first kappa shape index (κ1) is 25.3. The Kier molecular flexibility index (Phi) is 8.25. The molecular weight excluding hydrogens is 482 g/mol. The van der Waals surface area contributed by atoms with Crippen LogP contribution in [0.15, 0.2) is 24.4 Å². The molecule has 1 aromatic carbocycles. The second kappa shape index (κ2) is 10.8. The van der Waals surface area contributed by atoms with Crippen LogP contribution in [0.4, 0.5) is 30.6 Å². The second-order valence-electron chi connectivity index (χ2n) is 7.71. The van der Waals surface area contributed by atoms with Crippen molar-refractivity contribution in [3.63, 3.8) is 0 Å². The van der Waals surface area contributed by atoms with E-state index in [9.17, 15) is 18.0 Å². The molecule has 1 saturated heterocycles. The maximum absolute atomic E-state index is 13.7. The Morgan fingerprint density at radius 1 is 1.27 bits per heavy atom. The lowest BCUT2D eigenvalue weighted by atomic mass is 10.0. The van der Waals surface area contributed by atoms with Gasteiger partial charge >= 0.3 is 12.1 Å². The molecule has 0 atom stereocenters. The van der Waals surface area contributed by atoms with Crippen molar-refractivity contribution in [2.24, 2.45) is 0 Å². The predicted octanol–water partition coefficient (Wildman–Crippen LogP) is 5.01. The van der Waals surface area contributed by atoms with Gasteiger partial charge in [-0.1, -0.05) is 23.2 Å². The summed E-state index contributed by atoms with van der Waals surface area (Å²) in [5, 5.41) is 3.53. The summed E-state index contributed by atoms with van der Waals surface area (Å²) in [6.45, 7) is 1.30. The standard InChI is InChI=1S/C21H24Cl2F3N5O2/c1-30(8-7-18(32)33-2)14-5-9-31(10-6-14)19-15(21(24,25)26)12-27-20(29-19)28-13-3-4-16(22)17(23)11-13/h3-4,11-12,14H,5-10H2,1-2H3,(H,27,28,29). The number of esters is 1. The molecule has 1 fully saturated rings. The Morgan fingerprint density at radius 2 is 1.97 bits per heavy atom. The zero-order valence-electron chi connectivity index (χ0n) is 18.1. The first-order valence-electron chi connectivity index (χ1n) is 10.3. The zero-order valence-corrected chi connectivity index (χ0v) is 19.6. The highest BCUT2D eigenvalue weighted by Crippen LogP contribution is 2.37. The summed E-state index contributed by atoms with van der Waals surface area (Å²) in [5.74, 6) is -0.443. The first-order valence-corrected chi connectivity index (χ1v) is 11.0. The van der Waals surface area contributed by atoms with Crippen LogP contribution in [0.25, 0.3) is 0 Å². The van der Waals surface area contributed by atoms with Gasteiger partial charge in [0.25, 0.3) is 0 Å². The van der Waals surface area contributed by atoms with E-state index in [0.717, 1.165) is 6.20 Å². The number of alkyl halides is 3. The monoisotopic (exact) mass is 505 g/mol. The lowest BCUT2D eigenvalue weighted by molar-refractivity contribution is -0.141. The fourth-order valence-corrected chi connectivity index (χ4v) is 3.95. The van der Waals surface area contributed by atoms with Crippen LogP contribution in [-0.2, 0) is 15.7 Å². The van der Waals surface area contributed by atoms with Crippen LogP contribution in [0.1, 0.15) is 24.8 Å². The number of anilines is 3. The normalized spacial score (nSPS) is 15.1. The third-order valence-electron chi connectivity index (χ3n) is 5.53. The number of piperidine rings is 1. The maximum Gasteiger partial charge on any atom is 0.421 e. The summed E-state index contributed by atoms with van der Waals surface area (Å²) in [5.41, 5.74) is -0.388. The van der Waals surface area contributed by atoms with Crippen LogP contribution in [-0.4, -0.2) is 60.7 Å². The Hall–Kier alpha value is -2.30. The van der Waals surface area contributed by atoms with Gasteiger partial charge in [0.2, 0.25) is 5.95 Å².